The van der Waals surface area contributed by atoms with Gasteiger partial charge in [-0.15, -0.1) is 11.6 Å². The number of carbonyl (C=O) groups is 1. The van der Waals surface area contributed by atoms with Gasteiger partial charge < -0.3 is 14.4 Å². The Morgan fingerprint density at radius 1 is 1.31 bits per heavy atom. The fourth-order valence-corrected chi connectivity index (χ4v) is 4.81. The molecular weight excluding hydrogens is 462 g/mol. The Morgan fingerprint density at radius 3 is 2.63 bits per heavy atom. The second-order valence-corrected chi connectivity index (χ2v) is 10.6. The molecule has 2 atom stereocenters. The summed E-state index contributed by atoms with van der Waals surface area (Å²) >= 11 is 6.34. The number of aliphatic carboxylic acids is 1. The molecule has 6 nitrogen and oxygen atoms in total. The van der Waals surface area contributed by atoms with Gasteiger partial charge in [-0.25, -0.2) is 9.78 Å². The molecule has 3 heterocycles. The molecule has 1 unspecified atom stereocenters. The second-order valence-electron chi connectivity index (χ2n) is 10.1. The summed E-state index contributed by atoms with van der Waals surface area (Å²) in [6, 6.07) is 3.97. The summed E-state index contributed by atoms with van der Waals surface area (Å²) in [6.45, 7) is 12.2. The molecule has 0 fully saturated rings. The first kappa shape index (κ1) is 25.1. The zero-order chi connectivity index (χ0) is 25.5. The van der Waals surface area contributed by atoms with Crippen LogP contribution in [-0.2, 0) is 16.1 Å². The summed E-state index contributed by atoms with van der Waals surface area (Å²) in [4.78, 5) is 21.8. The molecule has 184 valence electrons. The van der Waals surface area contributed by atoms with E-state index in [1.807, 2.05) is 58.2 Å². The summed E-state index contributed by atoms with van der Waals surface area (Å²) in [7, 11) is 0. The minimum atomic E-state index is -1.16. The summed E-state index contributed by atoms with van der Waals surface area (Å²) in [5.41, 5.74) is 6.40. The fraction of sp³-hybridized carbons (Fsp3) is 0.393. The zero-order valence-electron chi connectivity index (χ0n) is 21.1. The molecule has 0 radical (unpaired) electrons. The van der Waals surface area contributed by atoms with Gasteiger partial charge >= 0.3 is 5.97 Å². The van der Waals surface area contributed by atoms with Crippen LogP contribution in [0.25, 0.3) is 16.6 Å². The summed E-state index contributed by atoms with van der Waals surface area (Å²) < 4.78 is 8.29. The molecule has 3 aromatic heterocycles. The molecule has 35 heavy (non-hydrogen) atoms. The van der Waals surface area contributed by atoms with Crippen LogP contribution in [0.3, 0.4) is 0 Å². The van der Waals surface area contributed by atoms with Crippen molar-refractivity contribution in [1.29, 1.82) is 0 Å². The number of rotatable bonds is 6. The second kappa shape index (κ2) is 9.59. The van der Waals surface area contributed by atoms with Gasteiger partial charge in [0.1, 0.15) is 5.65 Å². The Labute approximate surface area is 211 Å². The van der Waals surface area contributed by atoms with Gasteiger partial charge in [0, 0.05) is 40.3 Å². The Bertz CT molecular complexity index is 1330. The van der Waals surface area contributed by atoms with E-state index in [1.54, 1.807) is 6.20 Å². The van der Waals surface area contributed by atoms with Crippen molar-refractivity contribution in [2.75, 3.05) is 0 Å². The highest BCUT2D eigenvalue weighted by molar-refractivity contribution is 6.22. The predicted octanol–water partition coefficient (Wildman–Crippen LogP) is 6.30. The lowest BCUT2D eigenvalue weighted by molar-refractivity contribution is -0.160. The van der Waals surface area contributed by atoms with Crippen molar-refractivity contribution in [3.63, 3.8) is 0 Å². The molecule has 0 bridgehead atoms. The molecule has 7 heteroatoms. The van der Waals surface area contributed by atoms with E-state index in [9.17, 15) is 9.90 Å². The number of halogens is 1. The first-order valence-corrected chi connectivity index (χ1v) is 12.2. The summed E-state index contributed by atoms with van der Waals surface area (Å²) in [6.07, 6.45) is 9.15. The number of carboxylic acids is 1. The number of hydrogen-bond acceptors (Lipinski definition) is 4. The van der Waals surface area contributed by atoms with Crippen molar-refractivity contribution >= 4 is 34.2 Å². The molecule has 0 saturated heterocycles. The maximum atomic E-state index is 12.5. The van der Waals surface area contributed by atoms with Crippen LogP contribution in [0, 0.1) is 20.8 Å². The molecule has 0 aliphatic heterocycles. The highest BCUT2D eigenvalue weighted by atomic mass is 35.5. The van der Waals surface area contributed by atoms with E-state index >= 15 is 0 Å². The fourth-order valence-electron chi connectivity index (χ4n) is 4.65. The van der Waals surface area contributed by atoms with Crippen LogP contribution in [0.4, 0.5) is 0 Å². The van der Waals surface area contributed by atoms with Gasteiger partial charge in [0.05, 0.1) is 17.5 Å². The number of hydrogen-bond donors (Lipinski definition) is 1. The average molecular weight is 494 g/mol. The minimum absolute atomic E-state index is 0.0836. The molecule has 4 rings (SSSR count). The number of nitrogens with zero attached hydrogens (tertiary/aromatic N) is 3. The molecule has 1 aliphatic carbocycles. The monoisotopic (exact) mass is 493 g/mol. The molecule has 0 aromatic carbocycles. The standard InChI is InChI=1S/C28H32ClN3O3/c1-16-18(3)32(15-19-8-7-13-30-14-19)26-22(16)24(20-9-11-21(29)12-10-20)23(17(2)31-26)25(27(33)34)35-28(4,5)6/h7-11,13-14,21,25H,12,15H2,1-6H3,(H,33,34)/t21?,25-/m0/s1. The maximum absolute atomic E-state index is 12.5. The number of allylic oxidation sites excluding steroid dienone is 4. The largest absolute Gasteiger partial charge is 0.479 e. The van der Waals surface area contributed by atoms with Crippen LogP contribution in [0.1, 0.15) is 66.9 Å². The van der Waals surface area contributed by atoms with E-state index in [0.717, 1.165) is 39.0 Å². The third-order valence-electron chi connectivity index (χ3n) is 6.34. The van der Waals surface area contributed by atoms with Gasteiger partial charge in [-0.1, -0.05) is 24.3 Å². The SMILES string of the molecule is Cc1nc2c(c(C)c(C)n2Cc2cccnc2)c(C2=CCC(Cl)C=C2)c1[C@H](OC(C)(C)C)C(=O)O. The number of ether oxygens (including phenoxy) is 1. The van der Waals surface area contributed by atoms with E-state index in [-0.39, 0.29) is 5.38 Å². The normalized spacial score (nSPS) is 17.0. The molecular formula is C28H32ClN3O3. The molecule has 0 saturated carbocycles. The first-order chi connectivity index (χ1) is 16.5. The van der Waals surface area contributed by atoms with E-state index in [1.165, 1.54) is 0 Å². The van der Waals surface area contributed by atoms with Crippen LogP contribution < -0.4 is 0 Å². The number of aromatic nitrogens is 3. The van der Waals surface area contributed by atoms with E-state index in [0.29, 0.717) is 24.2 Å². The Morgan fingerprint density at radius 2 is 2.06 bits per heavy atom. The third-order valence-corrected chi connectivity index (χ3v) is 6.67. The predicted molar refractivity (Wildman–Crippen MR) is 140 cm³/mol. The quantitative estimate of drug-likeness (QED) is 0.408. The third kappa shape index (κ3) is 5.04. The van der Waals surface area contributed by atoms with Gasteiger partial charge in [0.25, 0.3) is 0 Å². The Hall–Kier alpha value is -2.96. The number of carboxylic acid groups (broad SMARTS) is 1. The van der Waals surface area contributed by atoms with Gasteiger partial charge in [0.2, 0.25) is 0 Å². The number of fused-ring (bicyclic) bond motifs is 1. The van der Waals surface area contributed by atoms with Crippen LogP contribution in [0.5, 0.6) is 0 Å². The molecule has 1 N–H and O–H groups in total. The molecule has 0 amide bonds. The van der Waals surface area contributed by atoms with Crippen molar-refractivity contribution in [1.82, 2.24) is 14.5 Å². The van der Waals surface area contributed by atoms with E-state index in [2.05, 4.69) is 29.5 Å². The topological polar surface area (TPSA) is 77.2 Å². The molecule has 1 aliphatic rings. The Balaban J connectivity index is 2.04. The van der Waals surface area contributed by atoms with Crippen LogP contribution in [0.15, 0.2) is 42.8 Å². The van der Waals surface area contributed by atoms with Crippen molar-refractivity contribution < 1.29 is 14.6 Å². The lowest BCUT2D eigenvalue weighted by Crippen LogP contribution is -2.29. The molecule has 0 spiro atoms. The van der Waals surface area contributed by atoms with Crippen molar-refractivity contribution in [3.05, 3.63) is 76.4 Å². The highest BCUT2D eigenvalue weighted by Gasteiger charge is 2.34. The van der Waals surface area contributed by atoms with E-state index < -0.39 is 17.7 Å². The number of alkyl halides is 1. The van der Waals surface area contributed by atoms with Crippen LogP contribution >= 0.6 is 11.6 Å². The van der Waals surface area contributed by atoms with Gasteiger partial charge in [-0.3, -0.25) is 4.98 Å². The van der Waals surface area contributed by atoms with Crippen LogP contribution in [-0.4, -0.2) is 36.6 Å². The van der Waals surface area contributed by atoms with E-state index in [4.69, 9.17) is 21.3 Å². The lowest BCUT2D eigenvalue weighted by Gasteiger charge is -2.28. The van der Waals surface area contributed by atoms with Gasteiger partial charge in [0.15, 0.2) is 6.10 Å². The van der Waals surface area contributed by atoms with Crippen LogP contribution in [0.2, 0.25) is 0 Å². The maximum Gasteiger partial charge on any atom is 0.337 e. The number of pyridine rings is 2. The van der Waals surface area contributed by atoms with Gasteiger partial charge in [-0.05, 0) is 70.7 Å². The lowest BCUT2D eigenvalue weighted by atomic mass is 9.88. The smallest absolute Gasteiger partial charge is 0.337 e. The molecule has 3 aromatic rings. The van der Waals surface area contributed by atoms with Crippen molar-refractivity contribution in [3.8, 4) is 0 Å². The van der Waals surface area contributed by atoms with Crippen molar-refractivity contribution in [2.24, 2.45) is 0 Å². The number of aryl methyl sites for hydroxylation is 2. The Kier molecular flexibility index (Phi) is 6.89. The average Bonchev–Trinajstić information content (AvgIpc) is 3.02. The van der Waals surface area contributed by atoms with Crippen molar-refractivity contribution in [2.45, 2.75) is 71.6 Å². The zero-order valence-corrected chi connectivity index (χ0v) is 21.8. The summed E-state index contributed by atoms with van der Waals surface area (Å²) in [5.74, 6) is -1.04. The van der Waals surface area contributed by atoms with Gasteiger partial charge in [-0.2, -0.15) is 0 Å². The highest BCUT2D eigenvalue weighted by Crippen LogP contribution is 2.41. The first-order valence-electron chi connectivity index (χ1n) is 11.8. The summed E-state index contributed by atoms with van der Waals surface area (Å²) in [5, 5.41) is 11.1. The minimum Gasteiger partial charge on any atom is -0.479 e.